The Balaban J connectivity index is 2.99. The average Bonchev–Trinajstić information content (AvgIpc) is 2.18. The van der Waals surface area contributed by atoms with Crippen LogP contribution in [0.1, 0.15) is 30.9 Å². The molecule has 0 aliphatic carbocycles. The summed E-state index contributed by atoms with van der Waals surface area (Å²) >= 11 is 0. The molecule has 0 saturated heterocycles. The number of nitrogens with two attached hydrogens (primary N) is 1. The summed E-state index contributed by atoms with van der Waals surface area (Å²) in [6.07, 6.45) is 4.32. The van der Waals surface area contributed by atoms with Crippen molar-refractivity contribution in [3.8, 4) is 0 Å². The predicted octanol–water partition coefficient (Wildman–Crippen LogP) is 3.14. The first-order chi connectivity index (χ1) is 6.79. The molecular weight excluding hydrogens is 170 g/mol. The zero-order valence-corrected chi connectivity index (χ0v) is 9.09. The molecular formula is C13H19N. The van der Waals surface area contributed by atoms with Crippen molar-refractivity contribution in [2.75, 3.05) is 6.54 Å². The summed E-state index contributed by atoms with van der Waals surface area (Å²) in [5, 5.41) is 0. The van der Waals surface area contributed by atoms with Gasteiger partial charge in [-0.15, -0.1) is 0 Å². The summed E-state index contributed by atoms with van der Waals surface area (Å²) in [6, 6.07) is 8.48. The molecule has 2 N–H and O–H groups in total. The SMILES string of the molecule is CC/C=C(/CCN)c1ccccc1C. The number of hydrogen-bond acceptors (Lipinski definition) is 1. The van der Waals surface area contributed by atoms with E-state index >= 15 is 0 Å². The third kappa shape index (κ3) is 2.71. The molecule has 0 amide bonds. The summed E-state index contributed by atoms with van der Waals surface area (Å²) in [5.74, 6) is 0. The van der Waals surface area contributed by atoms with Gasteiger partial charge in [0.1, 0.15) is 0 Å². The maximum absolute atomic E-state index is 5.61. The number of benzene rings is 1. The van der Waals surface area contributed by atoms with Crippen LogP contribution in [-0.4, -0.2) is 6.54 Å². The highest BCUT2D eigenvalue weighted by Crippen LogP contribution is 2.21. The van der Waals surface area contributed by atoms with Crippen molar-refractivity contribution in [2.24, 2.45) is 5.73 Å². The van der Waals surface area contributed by atoms with Gasteiger partial charge in [0, 0.05) is 0 Å². The maximum Gasteiger partial charge on any atom is -0.00366 e. The summed E-state index contributed by atoms with van der Waals surface area (Å²) < 4.78 is 0. The second kappa shape index (κ2) is 5.61. The van der Waals surface area contributed by atoms with E-state index < -0.39 is 0 Å². The Hall–Kier alpha value is -1.08. The van der Waals surface area contributed by atoms with Gasteiger partial charge in [-0.25, -0.2) is 0 Å². The van der Waals surface area contributed by atoms with Gasteiger partial charge in [0.25, 0.3) is 0 Å². The highest BCUT2D eigenvalue weighted by Gasteiger charge is 2.02. The highest BCUT2D eigenvalue weighted by molar-refractivity contribution is 5.68. The number of aryl methyl sites for hydroxylation is 1. The van der Waals surface area contributed by atoms with E-state index in [2.05, 4.69) is 44.2 Å². The van der Waals surface area contributed by atoms with Crippen LogP contribution >= 0.6 is 0 Å². The van der Waals surface area contributed by atoms with E-state index in [1.54, 1.807) is 0 Å². The Morgan fingerprint density at radius 3 is 2.64 bits per heavy atom. The first kappa shape index (κ1) is 11.0. The average molecular weight is 189 g/mol. The third-order valence-corrected chi connectivity index (χ3v) is 2.36. The van der Waals surface area contributed by atoms with Crippen molar-refractivity contribution in [1.82, 2.24) is 0 Å². The molecule has 1 aromatic carbocycles. The van der Waals surface area contributed by atoms with Crippen LogP contribution in [0.2, 0.25) is 0 Å². The largest absolute Gasteiger partial charge is 0.330 e. The fraction of sp³-hybridized carbons (Fsp3) is 0.385. The molecule has 0 fully saturated rings. The van der Waals surface area contributed by atoms with Crippen LogP contribution in [0.25, 0.3) is 5.57 Å². The Morgan fingerprint density at radius 2 is 2.07 bits per heavy atom. The number of rotatable bonds is 4. The normalized spacial score (nSPS) is 11.8. The minimum atomic E-state index is 0.722. The van der Waals surface area contributed by atoms with Crippen molar-refractivity contribution in [3.63, 3.8) is 0 Å². The minimum Gasteiger partial charge on any atom is -0.330 e. The van der Waals surface area contributed by atoms with Gasteiger partial charge in [-0.05, 0) is 43.0 Å². The van der Waals surface area contributed by atoms with E-state index in [1.807, 2.05) is 0 Å². The van der Waals surface area contributed by atoms with Gasteiger partial charge in [-0.2, -0.15) is 0 Å². The molecule has 0 spiro atoms. The first-order valence-electron chi connectivity index (χ1n) is 5.24. The van der Waals surface area contributed by atoms with Gasteiger partial charge in [-0.1, -0.05) is 37.3 Å². The Labute approximate surface area is 86.6 Å². The lowest BCUT2D eigenvalue weighted by molar-refractivity contribution is 1.01. The van der Waals surface area contributed by atoms with E-state index in [-0.39, 0.29) is 0 Å². The molecule has 0 aliphatic rings. The zero-order valence-electron chi connectivity index (χ0n) is 9.09. The maximum atomic E-state index is 5.61. The third-order valence-electron chi connectivity index (χ3n) is 2.36. The molecule has 1 heteroatoms. The predicted molar refractivity (Wildman–Crippen MR) is 63.1 cm³/mol. The lowest BCUT2D eigenvalue weighted by Gasteiger charge is -2.09. The van der Waals surface area contributed by atoms with Crippen LogP contribution in [0.3, 0.4) is 0 Å². The molecule has 14 heavy (non-hydrogen) atoms. The van der Waals surface area contributed by atoms with Gasteiger partial charge in [0.05, 0.1) is 0 Å². The van der Waals surface area contributed by atoms with Gasteiger partial charge >= 0.3 is 0 Å². The smallest absolute Gasteiger partial charge is 0.00366 e. The van der Waals surface area contributed by atoms with Crippen molar-refractivity contribution < 1.29 is 0 Å². The molecule has 0 aromatic heterocycles. The standard InChI is InChI=1S/C13H19N/c1-3-6-12(9-10-14)13-8-5-4-7-11(13)2/h4-8H,3,9-10,14H2,1-2H3/b12-6-. The topological polar surface area (TPSA) is 26.0 Å². The molecule has 1 nitrogen and oxygen atoms in total. The zero-order chi connectivity index (χ0) is 10.4. The van der Waals surface area contributed by atoms with Crippen LogP contribution in [0.4, 0.5) is 0 Å². The molecule has 0 radical (unpaired) electrons. The van der Waals surface area contributed by atoms with Crippen molar-refractivity contribution in [1.29, 1.82) is 0 Å². The molecule has 1 aromatic rings. The Morgan fingerprint density at radius 1 is 1.36 bits per heavy atom. The van der Waals surface area contributed by atoms with Gasteiger partial charge in [0.2, 0.25) is 0 Å². The Bertz CT molecular complexity index is 313. The summed E-state index contributed by atoms with van der Waals surface area (Å²) in [7, 11) is 0. The van der Waals surface area contributed by atoms with Crippen LogP contribution in [0.5, 0.6) is 0 Å². The number of allylic oxidation sites excluding steroid dienone is 1. The quantitative estimate of drug-likeness (QED) is 0.773. The van der Waals surface area contributed by atoms with Crippen LogP contribution < -0.4 is 5.73 Å². The lowest BCUT2D eigenvalue weighted by Crippen LogP contribution is -2.01. The lowest BCUT2D eigenvalue weighted by atomic mass is 9.97. The van der Waals surface area contributed by atoms with E-state index in [4.69, 9.17) is 5.73 Å². The number of hydrogen-bond donors (Lipinski definition) is 1. The summed E-state index contributed by atoms with van der Waals surface area (Å²) in [5.41, 5.74) is 9.67. The van der Waals surface area contributed by atoms with Crippen LogP contribution in [0, 0.1) is 6.92 Å². The molecule has 1 rings (SSSR count). The van der Waals surface area contributed by atoms with E-state index in [0.717, 1.165) is 19.4 Å². The monoisotopic (exact) mass is 189 g/mol. The Kier molecular flexibility index (Phi) is 4.41. The van der Waals surface area contributed by atoms with Crippen molar-refractivity contribution in [3.05, 3.63) is 41.5 Å². The highest BCUT2D eigenvalue weighted by atomic mass is 14.5. The van der Waals surface area contributed by atoms with E-state index in [9.17, 15) is 0 Å². The molecule has 0 saturated carbocycles. The second-order valence-corrected chi connectivity index (χ2v) is 3.49. The fourth-order valence-electron chi connectivity index (χ4n) is 1.68. The molecule has 76 valence electrons. The van der Waals surface area contributed by atoms with Gasteiger partial charge in [0.15, 0.2) is 0 Å². The fourth-order valence-corrected chi connectivity index (χ4v) is 1.68. The molecule has 0 bridgehead atoms. The molecule has 0 heterocycles. The second-order valence-electron chi connectivity index (χ2n) is 3.49. The van der Waals surface area contributed by atoms with E-state index in [0.29, 0.717) is 0 Å². The van der Waals surface area contributed by atoms with Crippen molar-refractivity contribution in [2.45, 2.75) is 26.7 Å². The van der Waals surface area contributed by atoms with Crippen molar-refractivity contribution >= 4 is 5.57 Å². The van der Waals surface area contributed by atoms with Crippen LogP contribution in [-0.2, 0) is 0 Å². The minimum absolute atomic E-state index is 0.722. The molecule has 0 atom stereocenters. The van der Waals surface area contributed by atoms with E-state index in [1.165, 1.54) is 16.7 Å². The molecule has 0 aliphatic heterocycles. The van der Waals surface area contributed by atoms with Gasteiger partial charge < -0.3 is 5.73 Å². The first-order valence-corrected chi connectivity index (χ1v) is 5.24. The van der Waals surface area contributed by atoms with Crippen LogP contribution in [0.15, 0.2) is 30.3 Å². The van der Waals surface area contributed by atoms with Gasteiger partial charge in [-0.3, -0.25) is 0 Å². The molecule has 0 unspecified atom stereocenters. The summed E-state index contributed by atoms with van der Waals surface area (Å²) in [6.45, 7) is 5.03. The summed E-state index contributed by atoms with van der Waals surface area (Å²) in [4.78, 5) is 0.